The number of hydrogen-bond acceptors (Lipinski definition) is 2. The Balaban J connectivity index is 2.15. The number of benzene rings is 1. The average Bonchev–Trinajstić information content (AvgIpc) is 2.55. The Morgan fingerprint density at radius 2 is 2.00 bits per heavy atom. The summed E-state index contributed by atoms with van der Waals surface area (Å²) >= 11 is 0. The predicted octanol–water partition coefficient (Wildman–Crippen LogP) is 1.72. The molecule has 1 heterocycles. The topological polar surface area (TPSA) is 32.3 Å². The summed E-state index contributed by atoms with van der Waals surface area (Å²) in [4.78, 5) is 13.8. The first-order chi connectivity index (χ1) is 7.75. The van der Waals surface area contributed by atoms with Crippen LogP contribution in [0.5, 0.6) is 0 Å². The molecule has 3 heteroatoms. The summed E-state index contributed by atoms with van der Waals surface area (Å²) in [5, 5.41) is 3.07. The van der Waals surface area contributed by atoms with Gasteiger partial charge in [-0.3, -0.25) is 4.79 Å². The lowest BCUT2D eigenvalue weighted by Gasteiger charge is -2.16. The molecular weight excluding hydrogens is 200 g/mol. The summed E-state index contributed by atoms with van der Waals surface area (Å²) in [6.07, 6.45) is 0.940. The minimum atomic E-state index is 0.0803. The second kappa shape index (κ2) is 4.49. The second-order valence-corrected chi connectivity index (χ2v) is 3.91. The predicted molar refractivity (Wildman–Crippen MR) is 65.1 cm³/mol. The van der Waals surface area contributed by atoms with Gasteiger partial charge in [0.05, 0.1) is 0 Å². The maximum Gasteiger partial charge on any atom is 0.258 e. The van der Waals surface area contributed by atoms with Crippen molar-refractivity contribution in [1.82, 2.24) is 10.2 Å². The van der Waals surface area contributed by atoms with Crippen molar-refractivity contribution in [3.63, 3.8) is 0 Å². The third-order valence-electron chi connectivity index (χ3n) is 2.85. The molecule has 16 heavy (non-hydrogen) atoms. The third kappa shape index (κ3) is 1.74. The van der Waals surface area contributed by atoms with Crippen molar-refractivity contribution in [2.45, 2.75) is 6.42 Å². The fourth-order valence-corrected chi connectivity index (χ4v) is 1.99. The molecule has 0 radical (unpaired) electrons. The van der Waals surface area contributed by atoms with Crippen LogP contribution < -0.4 is 5.32 Å². The highest BCUT2D eigenvalue weighted by Crippen LogP contribution is 2.30. The van der Waals surface area contributed by atoms with Crippen LogP contribution in [0.1, 0.15) is 22.3 Å². The molecule has 0 aliphatic carbocycles. The number of amides is 1. The molecule has 1 aliphatic heterocycles. The van der Waals surface area contributed by atoms with E-state index >= 15 is 0 Å². The number of nitrogens with one attached hydrogen (secondary N) is 1. The first-order valence-electron chi connectivity index (χ1n) is 5.50. The zero-order valence-electron chi connectivity index (χ0n) is 9.49. The molecule has 0 bridgehead atoms. The Morgan fingerprint density at radius 1 is 1.31 bits per heavy atom. The van der Waals surface area contributed by atoms with E-state index in [0.29, 0.717) is 0 Å². The van der Waals surface area contributed by atoms with Crippen molar-refractivity contribution in [3.05, 3.63) is 42.0 Å². The Labute approximate surface area is 95.8 Å². The Kier molecular flexibility index (Phi) is 3.06. The van der Waals surface area contributed by atoms with Gasteiger partial charge in [-0.25, -0.2) is 0 Å². The van der Waals surface area contributed by atoms with Gasteiger partial charge in [0.25, 0.3) is 5.91 Å². The van der Waals surface area contributed by atoms with E-state index in [1.54, 1.807) is 4.90 Å². The summed E-state index contributed by atoms with van der Waals surface area (Å²) in [6, 6.07) is 7.64. The van der Waals surface area contributed by atoms with Crippen LogP contribution >= 0.6 is 0 Å². The smallest absolute Gasteiger partial charge is 0.258 e. The Bertz CT molecular complexity index is 391. The van der Waals surface area contributed by atoms with Crippen LogP contribution in [0.25, 0.3) is 5.70 Å². The standard InChI is InChI=1S/C13H16N2O/c1-10-11-6-3-4-7-12(11)13(16)15(10)9-5-8-14-2/h3-4,6-7,14H,1,5,8-9H2,2H3. The quantitative estimate of drug-likeness (QED) is 0.777. The van der Waals surface area contributed by atoms with Gasteiger partial charge in [0.1, 0.15) is 0 Å². The molecule has 0 unspecified atom stereocenters. The maximum absolute atomic E-state index is 12.0. The number of carbonyl (C=O) groups excluding carboxylic acids is 1. The zero-order valence-corrected chi connectivity index (χ0v) is 9.49. The van der Waals surface area contributed by atoms with Crippen LogP contribution in [-0.2, 0) is 0 Å². The van der Waals surface area contributed by atoms with Gasteiger partial charge in [-0.05, 0) is 26.1 Å². The van der Waals surface area contributed by atoms with E-state index in [0.717, 1.165) is 36.3 Å². The monoisotopic (exact) mass is 216 g/mol. The zero-order chi connectivity index (χ0) is 11.5. The molecular formula is C13H16N2O. The van der Waals surface area contributed by atoms with Crippen LogP contribution in [0.4, 0.5) is 0 Å². The van der Waals surface area contributed by atoms with Crippen molar-refractivity contribution in [2.24, 2.45) is 0 Å². The van der Waals surface area contributed by atoms with E-state index in [2.05, 4.69) is 11.9 Å². The molecule has 0 aromatic heterocycles. The van der Waals surface area contributed by atoms with Gasteiger partial charge in [-0.2, -0.15) is 0 Å². The van der Waals surface area contributed by atoms with Crippen molar-refractivity contribution < 1.29 is 4.79 Å². The molecule has 1 aliphatic rings. The molecule has 0 saturated heterocycles. The highest BCUT2D eigenvalue weighted by molar-refractivity contribution is 6.08. The average molecular weight is 216 g/mol. The number of fused-ring (bicyclic) bond motifs is 1. The molecule has 0 saturated carbocycles. The molecule has 1 N–H and O–H groups in total. The second-order valence-electron chi connectivity index (χ2n) is 3.91. The van der Waals surface area contributed by atoms with E-state index in [1.807, 2.05) is 31.3 Å². The molecule has 0 atom stereocenters. The largest absolute Gasteiger partial charge is 0.320 e. The highest BCUT2D eigenvalue weighted by atomic mass is 16.2. The normalized spacial score (nSPS) is 14.4. The minimum absolute atomic E-state index is 0.0803. The maximum atomic E-state index is 12.0. The molecule has 1 amide bonds. The van der Waals surface area contributed by atoms with Gasteiger partial charge >= 0.3 is 0 Å². The van der Waals surface area contributed by atoms with Gasteiger partial charge in [0, 0.05) is 23.4 Å². The minimum Gasteiger partial charge on any atom is -0.320 e. The highest BCUT2D eigenvalue weighted by Gasteiger charge is 2.29. The van der Waals surface area contributed by atoms with Crippen LogP contribution in [0.2, 0.25) is 0 Å². The summed E-state index contributed by atoms with van der Waals surface area (Å²) in [5.74, 6) is 0.0803. The van der Waals surface area contributed by atoms with Crippen molar-refractivity contribution in [1.29, 1.82) is 0 Å². The molecule has 0 spiro atoms. The van der Waals surface area contributed by atoms with E-state index in [1.165, 1.54) is 0 Å². The van der Waals surface area contributed by atoms with Crippen molar-refractivity contribution in [3.8, 4) is 0 Å². The number of rotatable bonds is 4. The molecule has 0 fully saturated rings. The lowest BCUT2D eigenvalue weighted by atomic mass is 10.1. The van der Waals surface area contributed by atoms with Gasteiger partial charge in [-0.1, -0.05) is 24.8 Å². The summed E-state index contributed by atoms with van der Waals surface area (Å²) in [6.45, 7) is 5.63. The Hall–Kier alpha value is -1.61. The van der Waals surface area contributed by atoms with E-state index in [9.17, 15) is 4.79 Å². The van der Waals surface area contributed by atoms with E-state index in [-0.39, 0.29) is 5.91 Å². The number of carbonyl (C=O) groups is 1. The lowest BCUT2D eigenvalue weighted by Crippen LogP contribution is -2.26. The van der Waals surface area contributed by atoms with E-state index < -0.39 is 0 Å². The van der Waals surface area contributed by atoms with Crippen LogP contribution in [0.15, 0.2) is 30.8 Å². The lowest BCUT2D eigenvalue weighted by molar-refractivity contribution is 0.0849. The van der Waals surface area contributed by atoms with E-state index in [4.69, 9.17) is 0 Å². The first kappa shape index (κ1) is 10.9. The molecule has 84 valence electrons. The molecule has 1 aromatic carbocycles. The Morgan fingerprint density at radius 3 is 2.62 bits per heavy atom. The summed E-state index contributed by atoms with van der Waals surface area (Å²) in [7, 11) is 1.91. The van der Waals surface area contributed by atoms with Gasteiger partial charge in [0.2, 0.25) is 0 Å². The van der Waals surface area contributed by atoms with Crippen LogP contribution in [0, 0.1) is 0 Å². The number of hydrogen-bond donors (Lipinski definition) is 1. The SMILES string of the molecule is C=C1c2ccccc2C(=O)N1CCCNC. The van der Waals surface area contributed by atoms with Crippen LogP contribution in [-0.4, -0.2) is 30.9 Å². The molecule has 3 nitrogen and oxygen atoms in total. The third-order valence-corrected chi connectivity index (χ3v) is 2.85. The first-order valence-corrected chi connectivity index (χ1v) is 5.50. The molecule has 2 rings (SSSR count). The van der Waals surface area contributed by atoms with Gasteiger partial charge in [-0.15, -0.1) is 0 Å². The fraction of sp³-hybridized carbons (Fsp3) is 0.308. The van der Waals surface area contributed by atoms with Gasteiger partial charge in [0.15, 0.2) is 0 Å². The summed E-state index contributed by atoms with van der Waals surface area (Å²) < 4.78 is 0. The van der Waals surface area contributed by atoms with Crippen molar-refractivity contribution >= 4 is 11.6 Å². The number of nitrogens with zero attached hydrogens (tertiary/aromatic N) is 1. The molecule has 1 aromatic rings. The summed E-state index contributed by atoms with van der Waals surface area (Å²) in [5.41, 5.74) is 2.57. The van der Waals surface area contributed by atoms with Crippen molar-refractivity contribution in [2.75, 3.05) is 20.1 Å². The fourth-order valence-electron chi connectivity index (χ4n) is 1.99. The van der Waals surface area contributed by atoms with Gasteiger partial charge < -0.3 is 10.2 Å². The van der Waals surface area contributed by atoms with Crippen LogP contribution in [0.3, 0.4) is 0 Å².